The second-order valence-corrected chi connectivity index (χ2v) is 12.4. The highest BCUT2D eigenvalue weighted by molar-refractivity contribution is 5.88. The number of aromatic hydroxyl groups is 2. The molecule has 2 aliphatic heterocycles. The van der Waals surface area contributed by atoms with Crippen LogP contribution in [0.5, 0.6) is 23.0 Å². The molecule has 2 aromatic carbocycles. The lowest BCUT2D eigenvalue weighted by molar-refractivity contribution is -0.281. The van der Waals surface area contributed by atoms with Crippen LogP contribution >= 0.6 is 0 Å². The van der Waals surface area contributed by atoms with E-state index in [0.717, 1.165) is 13.0 Å². The third kappa shape index (κ3) is 7.74. The number of ether oxygens (including phenoxy) is 6. The highest BCUT2D eigenvalue weighted by Gasteiger charge is 2.49. The third-order valence-electron chi connectivity index (χ3n) is 8.69. The van der Waals surface area contributed by atoms with Crippen molar-refractivity contribution in [1.29, 1.82) is 0 Å². The first-order valence-corrected chi connectivity index (χ1v) is 16.1. The van der Waals surface area contributed by atoms with Gasteiger partial charge in [0.15, 0.2) is 30.2 Å². The van der Waals surface area contributed by atoms with Gasteiger partial charge in [0.1, 0.15) is 46.5 Å². The van der Waals surface area contributed by atoms with E-state index in [-0.39, 0.29) is 28.4 Å². The summed E-state index contributed by atoms with van der Waals surface area (Å²) >= 11 is 0. The Morgan fingerprint density at radius 1 is 0.882 bits per heavy atom. The summed E-state index contributed by atoms with van der Waals surface area (Å²) < 4.78 is 39.3. The van der Waals surface area contributed by atoms with E-state index in [4.69, 9.17) is 32.8 Å². The van der Waals surface area contributed by atoms with Crippen molar-refractivity contribution in [1.82, 2.24) is 0 Å². The Bertz CT molecular complexity index is 1770. The Balaban J connectivity index is 1.54. The fourth-order valence-corrected chi connectivity index (χ4v) is 5.62. The van der Waals surface area contributed by atoms with Crippen LogP contribution in [0.15, 0.2) is 45.6 Å². The molecule has 2 aliphatic rings. The van der Waals surface area contributed by atoms with Gasteiger partial charge in [-0.25, -0.2) is 0 Å². The largest absolute Gasteiger partial charge is 0.508 e. The number of fused-ring (bicyclic) bond motifs is 1. The molecule has 2 fully saturated rings. The van der Waals surface area contributed by atoms with Crippen LogP contribution in [0, 0.1) is 5.92 Å². The standard InChI is InChI=1S/C34H40O17/c1-5-13(2)32(44)50-29-23(39)14(3)45-33(26(29)42)47-18-10-19(38)22-20(11-18)48-28(16-6-8-17(37)9-7-16)31(25(22)41)51-34-27(43)30(46-15(4)36)24(40)21(12-35)49-34/h6-11,13-14,21,23-24,26-27,29-30,33-35,37-40,42-43H,5,12H2,1-4H3. The first-order chi connectivity index (χ1) is 24.1. The first-order valence-electron chi connectivity index (χ1n) is 16.1. The zero-order chi connectivity index (χ0) is 37.3. The molecule has 51 heavy (non-hydrogen) atoms. The number of benzene rings is 2. The van der Waals surface area contributed by atoms with Gasteiger partial charge in [-0.05, 0) is 37.6 Å². The molecule has 0 spiro atoms. The van der Waals surface area contributed by atoms with E-state index in [1.807, 2.05) is 0 Å². The SMILES string of the molecule is CCC(C)C(=O)OC1C(O)C(C)OC(Oc2cc(O)c3c(=O)c(OC4OC(CO)C(O)C(OC(C)=O)C4O)c(-c4ccc(O)cc4)oc3c2)C1O. The summed E-state index contributed by atoms with van der Waals surface area (Å²) in [5.74, 6) is -3.93. The molecule has 0 radical (unpaired) electrons. The van der Waals surface area contributed by atoms with Gasteiger partial charge in [-0.2, -0.15) is 0 Å². The molecule has 5 rings (SSSR count). The smallest absolute Gasteiger partial charge is 0.309 e. The highest BCUT2D eigenvalue weighted by atomic mass is 16.7. The van der Waals surface area contributed by atoms with Crippen molar-refractivity contribution >= 4 is 22.9 Å². The Morgan fingerprint density at radius 2 is 1.51 bits per heavy atom. The average Bonchev–Trinajstić information content (AvgIpc) is 3.09. The first kappa shape index (κ1) is 37.8. The van der Waals surface area contributed by atoms with E-state index < -0.39 is 108 Å². The van der Waals surface area contributed by atoms with Crippen molar-refractivity contribution < 1.29 is 78.2 Å². The van der Waals surface area contributed by atoms with Gasteiger partial charge in [-0.1, -0.05) is 13.8 Å². The zero-order valence-electron chi connectivity index (χ0n) is 27.9. The quantitative estimate of drug-likeness (QED) is 0.140. The molecule has 7 N–H and O–H groups in total. The summed E-state index contributed by atoms with van der Waals surface area (Å²) in [6.45, 7) is 5.13. The molecule has 2 saturated heterocycles. The number of phenols is 2. The molecular weight excluding hydrogens is 680 g/mol. The minimum Gasteiger partial charge on any atom is -0.508 e. The summed E-state index contributed by atoms with van der Waals surface area (Å²) in [6, 6.07) is 7.50. The van der Waals surface area contributed by atoms with Gasteiger partial charge in [0, 0.05) is 24.6 Å². The van der Waals surface area contributed by atoms with E-state index in [9.17, 15) is 50.1 Å². The number of esters is 2. The summed E-state index contributed by atoms with van der Waals surface area (Å²) in [4.78, 5) is 38.2. The van der Waals surface area contributed by atoms with Gasteiger partial charge in [0.25, 0.3) is 0 Å². The van der Waals surface area contributed by atoms with Crippen LogP contribution in [-0.4, -0.2) is 116 Å². The average molecular weight is 721 g/mol. The second kappa shape index (κ2) is 15.4. The van der Waals surface area contributed by atoms with E-state index in [0.29, 0.717) is 6.42 Å². The molecule has 3 heterocycles. The summed E-state index contributed by atoms with van der Waals surface area (Å²) in [7, 11) is 0. The maximum absolute atomic E-state index is 14.0. The van der Waals surface area contributed by atoms with Crippen LogP contribution < -0.4 is 14.9 Å². The Morgan fingerprint density at radius 3 is 2.12 bits per heavy atom. The van der Waals surface area contributed by atoms with E-state index in [1.54, 1.807) is 13.8 Å². The summed E-state index contributed by atoms with van der Waals surface area (Å²) in [6.07, 6.45) is -14.9. The van der Waals surface area contributed by atoms with E-state index in [2.05, 4.69) is 0 Å². The predicted molar refractivity (Wildman–Crippen MR) is 172 cm³/mol. The van der Waals surface area contributed by atoms with Crippen LogP contribution in [0.3, 0.4) is 0 Å². The number of aliphatic hydroxyl groups excluding tert-OH is 5. The molecule has 0 bridgehead atoms. The molecule has 3 aromatic rings. The summed E-state index contributed by atoms with van der Waals surface area (Å²) in [5, 5.41) is 73.4. The van der Waals surface area contributed by atoms with Crippen LogP contribution in [0.25, 0.3) is 22.3 Å². The molecular formula is C34H40O17. The lowest BCUT2D eigenvalue weighted by Crippen LogP contribution is -2.61. The van der Waals surface area contributed by atoms with Crippen molar-refractivity contribution in [3.63, 3.8) is 0 Å². The molecule has 17 nitrogen and oxygen atoms in total. The number of phenolic OH excluding ortho intramolecular Hbond substituents is 2. The van der Waals surface area contributed by atoms with Crippen molar-refractivity contribution in [2.24, 2.45) is 5.92 Å². The zero-order valence-corrected chi connectivity index (χ0v) is 27.9. The number of carbonyl (C=O) groups excluding carboxylic acids is 2. The van der Waals surface area contributed by atoms with Crippen molar-refractivity contribution in [2.75, 3.05) is 6.61 Å². The topological polar surface area (TPSA) is 261 Å². The van der Waals surface area contributed by atoms with E-state index >= 15 is 0 Å². The van der Waals surface area contributed by atoms with Gasteiger partial charge < -0.3 is 68.6 Å². The summed E-state index contributed by atoms with van der Waals surface area (Å²) in [5.41, 5.74) is -1.10. The van der Waals surface area contributed by atoms with Crippen LogP contribution in [0.2, 0.25) is 0 Å². The van der Waals surface area contributed by atoms with Crippen molar-refractivity contribution in [3.8, 4) is 34.3 Å². The maximum atomic E-state index is 14.0. The number of hydrogen-bond acceptors (Lipinski definition) is 17. The number of aliphatic hydroxyl groups is 5. The number of carbonyl (C=O) groups is 2. The molecule has 0 amide bonds. The molecule has 17 heteroatoms. The van der Waals surface area contributed by atoms with Gasteiger partial charge in [0.2, 0.25) is 23.8 Å². The van der Waals surface area contributed by atoms with Gasteiger partial charge in [0.05, 0.1) is 18.6 Å². The molecule has 0 saturated carbocycles. The molecule has 11 unspecified atom stereocenters. The van der Waals surface area contributed by atoms with Crippen molar-refractivity contribution in [2.45, 2.75) is 95.5 Å². The lowest BCUT2D eigenvalue weighted by Gasteiger charge is -2.41. The van der Waals surface area contributed by atoms with Crippen LogP contribution in [-0.2, 0) is 28.5 Å². The fourth-order valence-electron chi connectivity index (χ4n) is 5.62. The normalized spacial score (nSPS) is 30.0. The van der Waals surface area contributed by atoms with Crippen molar-refractivity contribution in [3.05, 3.63) is 46.6 Å². The number of rotatable bonds is 10. The van der Waals surface area contributed by atoms with E-state index in [1.165, 1.54) is 37.3 Å². The monoisotopic (exact) mass is 720 g/mol. The maximum Gasteiger partial charge on any atom is 0.309 e. The third-order valence-corrected chi connectivity index (χ3v) is 8.69. The van der Waals surface area contributed by atoms with Gasteiger partial charge in [-0.3, -0.25) is 14.4 Å². The highest BCUT2D eigenvalue weighted by Crippen LogP contribution is 2.39. The molecule has 0 aliphatic carbocycles. The molecule has 278 valence electrons. The minimum absolute atomic E-state index is 0.133. The van der Waals surface area contributed by atoms with Crippen LogP contribution in [0.1, 0.15) is 34.1 Å². The molecule has 11 atom stereocenters. The fraction of sp³-hybridized carbons (Fsp3) is 0.500. The number of hydrogen-bond donors (Lipinski definition) is 7. The van der Waals surface area contributed by atoms with Crippen LogP contribution in [0.4, 0.5) is 0 Å². The Labute approximate surface area is 290 Å². The second-order valence-electron chi connectivity index (χ2n) is 12.4. The van der Waals surface area contributed by atoms with Gasteiger partial charge >= 0.3 is 11.9 Å². The van der Waals surface area contributed by atoms with Gasteiger partial charge in [-0.15, -0.1) is 0 Å². The molecule has 1 aromatic heterocycles. The predicted octanol–water partition coefficient (Wildman–Crippen LogP) is 0.424. The lowest BCUT2D eigenvalue weighted by atomic mass is 9.99. The Kier molecular flexibility index (Phi) is 11.4. The minimum atomic E-state index is -1.88. The Hall–Kier alpha value is -4.49.